The summed E-state index contributed by atoms with van der Waals surface area (Å²) in [7, 11) is 0. The molecule has 0 aromatic heterocycles. The summed E-state index contributed by atoms with van der Waals surface area (Å²) in [6, 6.07) is 0. The molecule has 0 aliphatic heterocycles. The van der Waals surface area contributed by atoms with Crippen LogP contribution in [-0.2, 0) is 18.8 Å². The lowest BCUT2D eigenvalue weighted by molar-refractivity contribution is -0.144. The van der Waals surface area contributed by atoms with Crippen LogP contribution in [0.3, 0.4) is 0 Å². The van der Waals surface area contributed by atoms with Crippen molar-refractivity contribution in [2.24, 2.45) is 0 Å². The van der Waals surface area contributed by atoms with Crippen LogP contribution in [0, 0.1) is 0 Å². The first-order valence-corrected chi connectivity index (χ1v) is 8.97. The molecule has 0 aliphatic rings. The Bertz CT molecular complexity index is 320. The van der Waals surface area contributed by atoms with Gasteiger partial charge in [-0.05, 0) is 35.3 Å². The summed E-state index contributed by atoms with van der Waals surface area (Å²) in [5.74, 6) is -4.02. The van der Waals surface area contributed by atoms with Gasteiger partial charge in [0.15, 0.2) is 0 Å². The maximum Gasteiger partial charge on any atom is 0.414 e. The number of ether oxygens (including phenoxy) is 2. The monoisotopic (exact) mass is 319 g/mol. The molecule has 6 nitrogen and oxygen atoms in total. The van der Waals surface area contributed by atoms with Crippen LogP contribution < -0.4 is 5.09 Å². The lowest BCUT2D eigenvalue weighted by Gasteiger charge is -2.07. The van der Waals surface area contributed by atoms with Crippen molar-refractivity contribution in [2.75, 3.05) is 13.2 Å². The second-order valence-corrected chi connectivity index (χ2v) is 7.91. The van der Waals surface area contributed by atoms with Crippen LogP contribution in [0.4, 0.5) is 4.79 Å². The molecule has 0 rings (SSSR count). The number of hydrogen-bond donors (Lipinski definition) is 1. The largest absolute Gasteiger partial charge is 0.466 e. The van der Waals surface area contributed by atoms with Crippen LogP contribution in [0.1, 0.15) is 32.6 Å². The zero-order chi connectivity index (χ0) is 14.0. The highest BCUT2D eigenvalue weighted by atomic mass is 35.9. The fourth-order valence-electron chi connectivity index (χ4n) is 0.922. The van der Waals surface area contributed by atoms with Crippen molar-refractivity contribution in [3.8, 4) is 0 Å². The normalized spacial score (nSPS) is 10.8. The van der Waals surface area contributed by atoms with Gasteiger partial charge in [-0.15, -0.1) is 0 Å². The summed E-state index contributed by atoms with van der Waals surface area (Å²) in [4.78, 5) is 22.0. The van der Waals surface area contributed by atoms with Crippen LogP contribution in [0.2, 0.25) is 0 Å². The first-order valence-electron chi connectivity index (χ1n) is 5.45. The number of unbranched alkanes of at least 4 members (excludes halogenated alkanes) is 1. The molecule has 0 saturated heterocycles. The van der Waals surface area contributed by atoms with Crippen LogP contribution in [0.15, 0.2) is 0 Å². The predicted octanol–water partition coefficient (Wildman–Crippen LogP) is 3.42. The van der Waals surface area contributed by atoms with Crippen LogP contribution in [0.5, 0.6) is 0 Å². The average Bonchev–Trinajstić information content (AvgIpc) is 2.22. The van der Waals surface area contributed by atoms with E-state index in [2.05, 4.69) is 4.74 Å². The van der Waals surface area contributed by atoms with Crippen molar-refractivity contribution in [3.63, 3.8) is 0 Å². The van der Waals surface area contributed by atoms with E-state index in [4.69, 9.17) is 27.2 Å². The summed E-state index contributed by atoms with van der Waals surface area (Å²) < 4.78 is 20.2. The van der Waals surface area contributed by atoms with Gasteiger partial charge in [0.2, 0.25) is 0 Å². The van der Waals surface area contributed by atoms with Crippen molar-refractivity contribution < 1.29 is 23.6 Å². The fraction of sp³-hybridized carbons (Fsp3) is 0.778. The van der Waals surface area contributed by atoms with Gasteiger partial charge in [-0.25, -0.2) is 9.88 Å². The average molecular weight is 320 g/mol. The van der Waals surface area contributed by atoms with Crippen LogP contribution >= 0.6 is 28.5 Å². The summed E-state index contributed by atoms with van der Waals surface area (Å²) >= 11 is 10.2. The van der Waals surface area contributed by atoms with E-state index in [0.29, 0.717) is 13.0 Å². The van der Waals surface area contributed by atoms with E-state index in [9.17, 15) is 14.2 Å². The number of carbonyl (C=O) groups is 2. The molecule has 0 aromatic carbocycles. The number of amides is 1. The highest BCUT2D eigenvalue weighted by Gasteiger charge is 2.18. The highest BCUT2D eigenvalue weighted by Crippen LogP contribution is 2.52. The molecule has 0 bridgehead atoms. The minimum absolute atomic E-state index is 0.0114. The Kier molecular flexibility index (Phi) is 9.24. The van der Waals surface area contributed by atoms with E-state index in [1.54, 1.807) is 5.09 Å². The molecule has 0 saturated carbocycles. The number of nitrogens with one attached hydrogen (secondary N) is 1. The number of esters is 1. The number of halogens is 2. The molecule has 0 atom stereocenters. The van der Waals surface area contributed by atoms with E-state index < -0.39 is 12.1 Å². The molecule has 0 aromatic rings. The fourth-order valence-corrected chi connectivity index (χ4v) is 1.61. The molecule has 0 unspecified atom stereocenters. The van der Waals surface area contributed by atoms with Gasteiger partial charge >= 0.3 is 18.1 Å². The van der Waals surface area contributed by atoms with Gasteiger partial charge in [0.1, 0.15) is 0 Å². The highest BCUT2D eigenvalue weighted by molar-refractivity contribution is 8.07. The zero-order valence-electron chi connectivity index (χ0n) is 9.99. The van der Waals surface area contributed by atoms with E-state index in [0.717, 1.165) is 12.8 Å². The van der Waals surface area contributed by atoms with Crippen molar-refractivity contribution in [3.05, 3.63) is 0 Å². The van der Waals surface area contributed by atoms with Gasteiger partial charge in [-0.2, -0.15) is 0 Å². The Morgan fingerprint density at radius 2 is 1.78 bits per heavy atom. The van der Waals surface area contributed by atoms with E-state index in [1.807, 2.05) is 6.92 Å². The molecule has 0 fully saturated rings. The third-order valence-corrected chi connectivity index (χ3v) is 2.69. The Balaban J connectivity index is 3.53. The number of carbonyl (C=O) groups excluding carboxylic acids is 2. The minimum atomic E-state index is -3.68. The molecular weight excluding hydrogens is 304 g/mol. The summed E-state index contributed by atoms with van der Waals surface area (Å²) in [5, 5.41) is 1.76. The Morgan fingerprint density at radius 1 is 1.17 bits per heavy atom. The third-order valence-electron chi connectivity index (χ3n) is 1.74. The molecule has 0 aliphatic carbocycles. The quantitative estimate of drug-likeness (QED) is 0.421. The van der Waals surface area contributed by atoms with E-state index in [1.165, 1.54) is 0 Å². The first-order chi connectivity index (χ1) is 8.35. The molecule has 106 valence electrons. The van der Waals surface area contributed by atoms with Gasteiger partial charge < -0.3 is 9.47 Å². The Morgan fingerprint density at radius 3 is 2.33 bits per heavy atom. The van der Waals surface area contributed by atoms with E-state index >= 15 is 0 Å². The van der Waals surface area contributed by atoms with Crippen LogP contribution in [0.25, 0.3) is 0 Å². The molecule has 18 heavy (non-hydrogen) atoms. The lowest BCUT2D eigenvalue weighted by atomic mass is 10.3. The van der Waals surface area contributed by atoms with Crippen molar-refractivity contribution in [2.45, 2.75) is 32.6 Å². The summed E-state index contributed by atoms with van der Waals surface area (Å²) in [6.45, 7) is 2.38. The standard InChI is InChI=1S/C9H16Cl2NO5P/c1-2-3-6-16-8(13)5-4-7-17-9(14)12-18(10,11)15/h2-7H2,1H3,(H,12,14,15). The van der Waals surface area contributed by atoms with Gasteiger partial charge in [0.05, 0.1) is 13.2 Å². The van der Waals surface area contributed by atoms with Gasteiger partial charge in [-0.3, -0.25) is 9.36 Å². The molecular formula is C9H16Cl2NO5P. The van der Waals surface area contributed by atoms with Crippen molar-refractivity contribution >= 4 is 40.5 Å². The van der Waals surface area contributed by atoms with Crippen molar-refractivity contribution in [1.29, 1.82) is 0 Å². The van der Waals surface area contributed by atoms with Crippen molar-refractivity contribution in [1.82, 2.24) is 5.09 Å². The molecule has 1 N–H and O–H groups in total. The molecule has 1 amide bonds. The van der Waals surface area contributed by atoms with Crippen LogP contribution in [-0.4, -0.2) is 25.3 Å². The smallest absolute Gasteiger partial charge is 0.414 e. The molecule has 0 heterocycles. The minimum Gasteiger partial charge on any atom is -0.466 e. The second-order valence-electron chi connectivity index (χ2n) is 3.39. The summed E-state index contributed by atoms with van der Waals surface area (Å²) in [6.07, 6.45) is 1.25. The maximum absolute atomic E-state index is 11.1. The topological polar surface area (TPSA) is 81.7 Å². The molecule has 0 radical (unpaired) electrons. The number of hydrogen-bond acceptors (Lipinski definition) is 5. The van der Waals surface area contributed by atoms with E-state index in [-0.39, 0.29) is 19.0 Å². The number of rotatable bonds is 8. The third kappa shape index (κ3) is 12.0. The SMILES string of the molecule is CCCCOC(=O)CCCOC(=O)NP(=O)(Cl)Cl. The Labute approximate surface area is 115 Å². The second kappa shape index (κ2) is 9.48. The summed E-state index contributed by atoms with van der Waals surface area (Å²) in [5.41, 5.74) is 0. The molecule has 0 spiro atoms. The predicted molar refractivity (Wildman–Crippen MR) is 68.9 cm³/mol. The Hall–Kier alpha value is -0.450. The van der Waals surface area contributed by atoms with Gasteiger partial charge in [-0.1, -0.05) is 13.3 Å². The van der Waals surface area contributed by atoms with Gasteiger partial charge in [0, 0.05) is 6.42 Å². The molecule has 9 heteroatoms. The first kappa shape index (κ1) is 17.6. The van der Waals surface area contributed by atoms with Gasteiger partial charge in [0.25, 0.3) is 0 Å². The lowest BCUT2D eigenvalue weighted by Crippen LogP contribution is -2.19. The zero-order valence-corrected chi connectivity index (χ0v) is 12.4. The maximum atomic E-state index is 11.1.